The second kappa shape index (κ2) is 6.22. The van der Waals surface area contributed by atoms with Crippen molar-refractivity contribution in [1.82, 2.24) is 0 Å². The van der Waals surface area contributed by atoms with E-state index in [1.165, 1.54) is 0 Å². The van der Waals surface area contributed by atoms with Crippen molar-refractivity contribution in [3.05, 3.63) is 28.2 Å². The van der Waals surface area contributed by atoms with Gasteiger partial charge in [-0.15, -0.1) is 0 Å². The smallest absolute Gasteiger partial charge is 0.102 e. The first kappa shape index (κ1) is 14.8. The fourth-order valence-electron chi connectivity index (χ4n) is 2.49. The van der Waals surface area contributed by atoms with E-state index in [1.807, 2.05) is 6.92 Å². The summed E-state index contributed by atoms with van der Waals surface area (Å²) in [5, 5.41) is 0. The number of ether oxygens (including phenoxy) is 2. The van der Waals surface area contributed by atoms with Crippen molar-refractivity contribution in [3.63, 3.8) is 0 Å². The lowest BCUT2D eigenvalue weighted by Gasteiger charge is -2.20. The summed E-state index contributed by atoms with van der Waals surface area (Å²) >= 11 is 3.59. The molecule has 19 heavy (non-hydrogen) atoms. The van der Waals surface area contributed by atoms with Crippen molar-refractivity contribution in [2.45, 2.75) is 25.2 Å². The summed E-state index contributed by atoms with van der Waals surface area (Å²) < 4.78 is 12.0. The lowest BCUT2D eigenvalue weighted by Crippen LogP contribution is -2.27. The number of nitrogens with two attached hydrogens (primary N) is 1. The zero-order chi connectivity index (χ0) is 14.0. The van der Waals surface area contributed by atoms with Crippen LogP contribution >= 0.6 is 15.9 Å². The highest BCUT2D eigenvalue weighted by molar-refractivity contribution is 9.10. The third kappa shape index (κ3) is 3.11. The first-order valence-electron chi connectivity index (χ1n) is 6.42. The second-order valence-corrected chi connectivity index (χ2v) is 5.80. The topological polar surface area (TPSA) is 47.7 Å². The van der Waals surface area contributed by atoms with Crippen molar-refractivity contribution in [2.24, 2.45) is 5.73 Å². The SMILES string of the molecule is COC1CN(c2ccc([C@H](C)N)c(Br)c2)CC1OC. The van der Waals surface area contributed by atoms with Gasteiger partial charge < -0.3 is 20.1 Å². The number of hydrogen-bond acceptors (Lipinski definition) is 4. The van der Waals surface area contributed by atoms with Gasteiger partial charge in [0, 0.05) is 43.5 Å². The van der Waals surface area contributed by atoms with E-state index in [2.05, 4.69) is 39.0 Å². The minimum absolute atomic E-state index is 0.0282. The van der Waals surface area contributed by atoms with Gasteiger partial charge in [0.1, 0.15) is 12.2 Å². The van der Waals surface area contributed by atoms with Gasteiger partial charge in [0.2, 0.25) is 0 Å². The van der Waals surface area contributed by atoms with Gasteiger partial charge in [0.05, 0.1) is 0 Å². The van der Waals surface area contributed by atoms with E-state index in [0.29, 0.717) is 0 Å². The fraction of sp³-hybridized carbons (Fsp3) is 0.571. The summed E-state index contributed by atoms with van der Waals surface area (Å²) in [6, 6.07) is 6.32. The molecule has 1 heterocycles. The van der Waals surface area contributed by atoms with E-state index >= 15 is 0 Å². The Balaban J connectivity index is 2.17. The molecule has 1 aliphatic heterocycles. The lowest BCUT2D eigenvalue weighted by atomic mass is 10.1. The van der Waals surface area contributed by atoms with E-state index in [1.54, 1.807) is 14.2 Å². The maximum absolute atomic E-state index is 5.92. The summed E-state index contributed by atoms with van der Waals surface area (Å²) in [5.41, 5.74) is 8.21. The van der Waals surface area contributed by atoms with E-state index in [-0.39, 0.29) is 18.2 Å². The molecular formula is C14H21BrN2O2. The predicted octanol–water partition coefficient (Wildman–Crippen LogP) is 2.32. The summed E-state index contributed by atoms with van der Waals surface area (Å²) in [5.74, 6) is 0. The average Bonchev–Trinajstić information content (AvgIpc) is 2.81. The molecule has 5 heteroatoms. The number of hydrogen-bond donors (Lipinski definition) is 1. The van der Waals surface area contributed by atoms with Crippen LogP contribution in [0.1, 0.15) is 18.5 Å². The maximum atomic E-state index is 5.92. The zero-order valence-corrected chi connectivity index (χ0v) is 13.2. The highest BCUT2D eigenvalue weighted by Crippen LogP contribution is 2.30. The normalized spacial score (nSPS) is 24.8. The van der Waals surface area contributed by atoms with Crippen LogP contribution in [0.2, 0.25) is 0 Å². The number of benzene rings is 1. The Morgan fingerprint density at radius 3 is 2.26 bits per heavy atom. The van der Waals surface area contributed by atoms with Crippen molar-refractivity contribution in [1.29, 1.82) is 0 Å². The molecule has 1 fully saturated rings. The van der Waals surface area contributed by atoms with Crippen molar-refractivity contribution in [3.8, 4) is 0 Å². The molecule has 106 valence electrons. The molecule has 0 saturated carbocycles. The fourth-order valence-corrected chi connectivity index (χ4v) is 3.22. The third-order valence-corrected chi connectivity index (χ3v) is 4.35. The molecule has 0 aromatic heterocycles. The van der Waals surface area contributed by atoms with Gasteiger partial charge in [-0.25, -0.2) is 0 Å². The average molecular weight is 329 g/mol. The minimum atomic E-state index is 0.0282. The van der Waals surface area contributed by atoms with Gasteiger partial charge in [-0.1, -0.05) is 22.0 Å². The highest BCUT2D eigenvalue weighted by atomic mass is 79.9. The van der Waals surface area contributed by atoms with Gasteiger partial charge in [-0.05, 0) is 24.6 Å². The molecule has 1 aromatic carbocycles. The van der Waals surface area contributed by atoms with Crippen LogP contribution < -0.4 is 10.6 Å². The van der Waals surface area contributed by atoms with Gasteiger partial charge in [-0.2, -0.15) is 0 Å². The van der Waals surface area contributed by atoms with Crippen LogP contribution in [0, 0.1) is 0 Å². The molecule has 0 amide bonds. The molecule has 0 spiro atoms. The molecule has 3 atom stereocenters. The molecule has 0 aliphatic carbocycles. The van der Waals surface area contributed by atoms with Crippen LogP contribution in [0.5, 0.6) is 0 Å². The van der Waals surface area contributed by atoms with Crippen LogP contribution in [0.25, 0.3) is 0 Å². The first-order valence-corrected chi connectivity index (χ1v) is 7.21. The van der Waals surface area contributed by atoms with Gasteiger partial charge >= 0.3 is 0 Å². The molecule has 0 bridgehead atoms. The predicted molar refractivity (Wildman–Crippen MR) is 80.6 cm³/mol. The third-order valence-electron chi connectivity index (χ3n) is 3.66. The Bertz CT molecular complexity index is 427. The van der Waals surface area contributed by atoms with Crippen molar-refractivity contribution in [2.75, 3.05) is 32.2 Å². The monoisotopic (exact) mass is 328 g/mol. The Morgan fingerprint density at radius 2 is 1.84 bits per heavy atom. The maximum Gasteiger partial charge on any atom is 0.102 e. The standard InChI is InChI=1S/C14H21BrN2O2/c1-9(16)11-5-4-10(6-12(11)15)17-7-13(18-2)14(8-17)19-3/h4-6,9,13-14H,7-8,16H2,1-3H3/t9-,13?,14?/m0/s1. The second-order valence-electron chi connectivity index (χ2n) is 4.95. The molecule has 2 unspecified atom stereocenters. The van der Waals surface area contributed by atoms with Gasteiger partial charge in [0.15, 0.2) is 0 Å². The van der Waals surface area contributed by atoms with Crippen molar-refractivity contribution >= 4 is 21.6 Å². The number of anilines is 1. The first-order chi connectivity index (χ1) is 9.06. The zero-order valence-electron chi connectivity index (χ0n) is 11.6. The van der Waals surface area contributed by atoms with E-state index in [9.17, 15) is 0 Å². The number of nitrogens with zero attached hydrogens (tertiary/aromatic N) is 1. The summed E-state index contributed by atoms with van der Waals surface area (Å²) in [4.78, 5) is 2.28. The van der Waals surface area contributed by atoms with Crippen molar-refractivity contribution < 1.29 is 9.47 Å². The molecule has 2 rings (SSSR count). The summed E-state index contributed by atoms with van der Waals surface area (Å²) in [7, 11) is 3.46. The molecule has 0 radical (unpaired) electrons. The Kier molecular flexibility index (Phi) is 4.84. The van der Waals surface area contributed by atoms with E-state index < -0.39 is 0 Å². The molecule has 1 saturated heterocycles. The number of rotatable bonds is 4. The van der Waals surface area contributed by atoms with Crippen LogP contribution in [0.3, 0.4) is 0 Å². The number of halogens is 1. The van der Waals surface area contributed by atoms with Crippen LogP contribution in [-0.4, -0.2) is 39.5 Å². The molecular weight excluding hydrogens is 308 g/mol. The Morgan fingerprint density at radius 1 is 1.26 bits per heavy atom. The summed E-state index contributed by atoms with van der Waals surface area (Å²) in [6.45, 7) is 3.68. The minimum Gasteiger partial charge on any atom is -0.377 e. The Labute approximate surface area is 123 Å². The van der Waals surface area contributed by atoms with Crippen LogP contribution in [-0.2, 0) is 9.47 Å². The van der Waals surface area contributed by atoms with Crippen LogP contribution in [0.4, 0.5) is 5.69 Å². The van der Waals surface area contributed by atoms with Gasteiger partial charge in [-0.3, -0.25) is 0 Å². The largest absolute Gasteiger partial charge is 0.377 e. The highest BCUT2D eigenvalue weighted by Gasteiger charge is 2.33. The molecule has 1 aromatic rings. The summed E-state index contributed by atoms with van der Waals surface area (Å²) in [6.07, 6.45) is 0.244. The Hall–Kier alpha value is -0.620. The lowest BCUT2D eigenvalue weighted by molar-refractivity contribution is -0.00461. The van der Waals surface area contributed by atoms with Gasteiger partial charge in [0.25, 0.3) is 0 Å². The van der Waals surface area contributed by atoms with E-state index in [0.717, 1.165) is 28.8 Å². The molecule has 4 nitrogen and oxygen atoms in total. The van der Waals surface area contributed by atoms with E-state index in [4.69, 9.17) is 15.2 Å². The number of methoxy groups -OCH3 is 2. The quantitative estimate of drug-likeness (QED) is 0.921. The van der Waals surface area contributed by atoms with Crippen LogP contribution in [0.15, 0.2) is 22.7 Å². The molecule has 2 N–H and O–H groups in total. The molecule has 1 aliphatic rings.